The Morgan fingerprint density at radius 2 is 1.50 bits per heavy atom. The summed E-state index contributed by atoms with van der Waals surface area (Å²) >= 11 is 0. The number of hydrogen-bond acceptors (Lipinski definition) is 5. The first-order valence-electron chi connectivity index (χ1n) is 12.9. The molecule has 3 aromatic rings. The highest BCUT2D eigenvalue weighted by atomic mass is 16.5. The number of benzene rings is 3. The van der Waals surface area contributed by atoms with Crippen LogP contribution in [0, 0.1) is 0 Å². The van der Waals surface area contributed by atoms with Crippen LogP contribution >= 0.6 is 0 Å². The van der Waals surface area contributed by atoms with Crippen molar-refractivity contribution in [1.82, 2.24) is 10.2 Å². The molecule has 5 nitrogen and oxygen atoms in total. The summed E-state index contributed by atoms with van der Waals surface area (Å²) in [6, 6.07) is 12.5. The van der Waals surface area contributed by atoms with Gasteiger partial charge in [0.2, 0.25) is 0 Å². The van der Waals surface area contributed by atoms with E-state index in [0.29, 0.717) is 18.1 Å². The summed E-state index contributed by atoms with van der Waals surface area (Å²) in [6.45, 7) is 2.18. The zero-order valence-corrected chi connectivity index (χ0v) is 20.7. The van der Waals surface area contributed by atoms with Gasteiger partial charge in [-0.1, -0.05) is 25.3 Å². The van der Waals surface area contributed by atoms with Crippen LogP contribution in [-0.4, -0.2) is 44.9 Å². The van der Waals surface area contributed by atoms with E-state index in [0.717, 1.165) is 23.8 Å². The van der Waals surface area contributed by atoms with E-state index >= 15 is 0 Å². The lowest BCUT2D eigenvalue weighted by atomic mass is 9.81. The predicted molar refractivity (Wildman–Crippen MR) is 137 cm³/mol. The monoisotopic (exact) mass is 460 g/mol. The molecule has 6 rings (SSSR count). The van der Waals surface area contributed by atoms with Crippen LogP contribution < -0.4 is 19.5 Å². The van der Waals surface area contributed by atoms with Crippen molar-refractivity contribution in [2.45, 2.75) is 69.6 Å². The molecular formula is C29H36N2O3. The maximum absolute atomic E-state index is 5.75. The summed E-state index contributed by atoms with van der Waals surface area (Å²) in [5, 5.41) is 9.25. The van der Waals surface area contributed by atoms with Crippen LogP contribution in [0.3, 0.4) is 0 Å². The molecule has 0 amide bonds. The Morgan fingerprint density at radius 1 is 0.765 bits per heavy atom. The van der Waals surface area contributed by atoms with Gasteiger partial charge in [-0.05, 0) is 89.2 Å². The SMILES string of the molecule is COc1ccc2c3c(c4cc(OC)c(OC)cc4c2c1)CN1CCC[C@H]1C3NC1CCCCC1. The smallest absolute Gasteiger partial charge is 0.161 e. The first-order valence-corrected chi connectivity index (χ1v) is 12.9. The summed E-state index contributed by atoms with van der Waals surface area (Å²) < 4.78 is 17.1. The highest BCUT2D eigenvalue weighted by molar-refractivity contribution is 6.12. The minimum Gasteiger partial charge on any atom is -0.497 e. The highest BCUT2D eigenvalue weighted by Gasteiger charge is 2.40. The first kappa shape index (κ1) is 22.0. The fourth-order valence-electron chi connectivity index (χ4n) is 6.83. The molecule has 1 saturated heterocycles. The summed E-state index contributed by atoms with van der Waals surface area (Å²) in [7, 11) is 5.18. The standard InChI is InChI=1S/C29H36N2O3/c1-32-19-11-12-20-21(14-19)22-15-26(33-2)27(34-3)16-23(22)24-17-31-13-7-10-25(31)29(28(20)24)30-18-8-5-4-6-9-18/h11-12,14-16,18,25,29-30H,4-10,13,17H2,1-3H3/t25-,29?/m0/s1. The number of rotatable bonds is 5. The van der Waals surface area contributed by atoms with Crippen LogP contribution in [0.1, 0.15) is 62.1 Å². The molecule has 3 aromatic carbocycles. The van der Waals surface area contributed by atoms with Crippen LogP contribution in [0.25, 0.3) is 21.5 Å². The molecule has 0 spiro atoms. The molecule has 1 aliphatic carbocycles. The van der Waals surface area contributed by atoms with Gasteiger partial charge in [-0.3, -0.25) is 4.90 Å². The Morgan fingerprint density at radius 3 is 2.24 bits per heavy atom. The molecule has 1 N–H and O–H groups in total. The lowest BCUT2D eigenvalue weighted by Crippen LogP contribution is -2.48. The molecule has 2 aliphatic heterocycles. The van der Waals surface area contributed by atoms with Gasteiger partial charge >= 0.3 is 0 Å². The highest BCUT2D eigenvalue weighted by Crippen LogP contribution is 2.48. The average molecular weight is 461 g/mol. The molecule has 5 heteroatoms. The summed E-state index contributed by atoms with van der Waals surface area (Å²) in [6.07, 6.45) is 9.21. The maximum Gasteiger partial charge on any atom is 0.161 e. The lowest BCUT2D eigenvalue weighted by Gasteiger charge is -2.42. The van der Waals surface area contributed by atoms with Crippen LogP contribution in [0.15, 0.2) is 30.3 Å². The molecule has 1 saturated carbocycles. The Kier molecular flexibility index (Phi) is 5.78. The Labute approximate surface area is 202 Å². The van der Waals surface area contributed by atoms with Crippen molar-refractivity contribution >= 4 is 21.5 Å². The number of hydrogen-bond donors (Lipinski definition) is 1. The first-order chi connectivity index (χ1) is 16.7. The second kappa shape index (κ2) is 8.94. The third-order valence-corrected chi connectivity index (χ3v) is 8.47. The van der Waals surface area contributed by atoms with Crippen molar-refractivity contribution < 1.29 is 14.2 Å². The van der Waals surface area contributed by atoms with Gasteiger partial charge in [0.15, 0.2) is 11.5 Å². The van der Waals surface area contributed by atoms with E-state index in [4.69, 9.17) is 14.2 Å². The summed E-state index contributed by atoms with van der Waals surface area (Å²) in [5.41, 5.74) is 2.94. The Balaban J connectivity index is 1.63. The molecular weight excluding hydrogens is 424 g/mol. The van der Waals surface area contributed by atoms with E-state index in [9.17, 15) is 0 Å². The predicted octanol–water partition coefficient (Wildman–Crippen LogP) is 5.96. The third kappa shape index (κ3) is 3.52. The maximum atomic E-state index is 5.75. The van der Waals surface area contributed by atoms with Crippen LogP contribution in [0.5, 0.6) is 17.2 Å². The molecule has 1 unspecified atom stereocenters. The van der Waals surface area contributed by atoms with Gasteiger partial charge in [0.05, 0.1) is 21.3 Å². The minimum atomic E-state index is 0.350. The zero-order chi connectivity index (χ0) is 23.2. The third-order valence-electron chi connectivity index (χ3n) is 8.47. The van der Waals surface area contributed by atoms with Crippen LogP contribution in [0.4, 0.5) is 0 Å². The van der Waals surface area contributed by atoms with Gasteiger partial charge in [0.1, 0.15) is 5.75 Å². The second-order valence-electron chi connectivity index (χ2n) is 10.2. The van der Waals surface area contributed by atoms with E-state index < -0.39 is 0 Å². The minimum absolute atomic E-state index is 0.350. The van der Waals surface area contributed by atoms with E-state index in [1.807, 2.05) is 0 Å². The zero-order valence-electron chi connectivity index (χ0n) is 20.7. The number of ether oxygens (including phenoxy) is 3. The molecule has 0 aromatic heterocycles. The van der Waals surface area contributed by atoms with Gasteiger partial charge in [-0.15, -0.1) is 0 Å². The molecule has 0 bridgehead atoms. The molecule has 2 atom stereocenters. The molecule has 0 radical (unpaired) electrons. The number of fused-ring (bicyclic) bond motifs is 7. The van der Waals surface area contributed by atoms with Gasteiger partial charge in [0.25, 0.3) is 0 Å². The van der Waals surface area contributed by atoms with Gasteiger partial charge in [-0.25, -0.2) is 0 Å². The fraction of sp³-hybridized carbons (Fsp3) is 0.517. The number of methoxy groups -OCH3 is 3. The van der Waals surface area contributed by atoms with Crippen molar-refractivity contribution in [2.75, 3.05) is 27.9 Å². The topological polar surface area (TPSA) is 43.0 Å². The molecule has 34 heavy (non-hydrogen) atoms. The quantitative estimate of drug-likeness (QED) is 0.476. The normalized spacial score (nSPS) is 23.1. The van der Waals surface area contributed by atoms with E-state index in [-0.39, 0.29) is 0 Å². The van der Waals surface area contributed by atoms with Crippen molar-refractivity contribution in [3.05, 3.63) is 41.5 Å². The summed E-state index contributed by atoms with van der Waals surface area (Å²) in [5.74, 6) is 2.45. The Hall–Kier alpha value is -2.50. The van der Waals surface area contributed by atoms with Crippen LogP contribution in [-0.2, 0) is 6.54 Å². The largest absolute Gasteiger partial charge is 0.497 e. The van der Waals surface area contributed by atoms with Gasteiger partial charge in [0, 0.05) is 24.7 Å². The van der Waals surface area contributed by atoms with Gasteiger partial charge in [-0.2, -0.15) is 0 Å². The Bertz CT molecular complexity index is 1220. The van der Waals surface area contributed by atoms with E-state index in [2.05, 4.69) is 40.5 Å². The second-order valence-corrected chi connectivity index (χ2v) is 10.2. The lowest BCUT2D eigenvalue weighted by molar-refractivity contribution is 0.165. The van der Waals surface area contributed by atoms with Gasteiger partial charge < -0.3 is 19.5 Å². The molecule has 180 valence electrons. The van der Waals surface area contributed by atoms with E-state index in [1.165, 1.54) is 84.2 Å². The van der Waals surface area contributed by atoms with Crippen molar-refractivity contribution in [1.29, 1.82) is 0 Å². The number of nitrogens with one attached hydrogen (secondary N) is 1. The number of nitrogens with zero attached hydrogens (tertiary/aromatic N) is 1. The summed E-state index contributed by atoms with van der Waals surface area (Å²) in [4.78, 5) is 2.72. The van der Waals surface area contributed by atoms with Crippen LogP contribution in [0.2, 0.25) is 0 Å². The molecule has 2 heterocycles. The van der Waals surface area contributed by atoms with Crippen molar-refractivity contribution in [2.24, 2.45) is 0 Å². The molecule has 3 aliphatic rings. The van der Waals surface area contributed by atoms with Crippen molar-refractivity contribution in [3.8, 4) is 17.2 Å². The van der Waals surface area contributed by atoms with E-state index in [1.54, 1.807) is 21.3 Å². The molecule has 2 fully saturated rings. The van der Waals surface area contributed by atoms with Crippen molar-refractivity contribution in [3.63, 3.8) is 0 Å². The fourth-order valence-corrected chi connectivity index (χ4v) is 6.83. The average Bonchev–Trinajstić information content (AvgIpc) is 3.37.